The zero-order valence-corrected chi connectivity index (χ0v) is 20.1. The molecule has 2 aromatic carbocycles. The van der Waals surface area contributed by atoms with Gasteiger partial charge < -0.3 is 20.1 Å². The Labute approximate surface area is 202 Å². The number of ether oxygens (including phenoxy) is 2. The molecule has 176 valence electrons. The number of carbonyl (C=O) groups is 3. The highest BCUT2D eigenvalue weighted by atomic mass is 32.2. The second-order valence-corrected chi connectivity index (χ2v) is 8.69. The second kappa shape index (κ2) is 10.9. The van der Waals surface area contributed by atoms with Gasteiger partial charge >= 0.3 is 5.97 Å². The van der Waals surface area contributed by atoms with E-state index in [1.165, 1.54) is 14.2 Å². The van der Waals surface area contributed by atoms with Gasteiger partial charge in [-0.05, 0) is 43.2 Å². The molecule has 3 rings (SSSR count). The number of methoxy groups -OCH3 is 2. The van der Waals surface area contributed by atoms with Crippen molar-refractivity contribution in [1.82, 2.24) is 5.32 Å². The van der Waals surface area contributed by atoms with Crippen molar-refractivity contribution < 1.29 is 23.9 Å². The monoisotopic (exact) mass is 479 g/mol. The topological polar surface area (TPSA) is 118 Å². The van der Waals surface area contributed by atoms with Crippen LogP contribution < -0.4 is 15.4 Å². The van der Waals surface area contributed by atoms with Crippen LogP contribution in [0.5, 0.6) is 5.75 Å². The zero-order valence-electron chi connectivity index (χ0n) is 19.3. The van der Waals surface area contributed by atoms with Gasteiger partial charge in [0, 0.05) is 17.2 Å². The van der Waals surface area contributed by atoms with E-state index in [0.717, 1.165) is 22.9 Å². The largest absolute Gasteiger partial charge is 0.496 e. The number of hydrogen-bond acceptors (Lipinski definition) is 7. The lowest BCUT2D eigenvalue weighted by atomic mass is 9.78. The Morgan fingerprint density at radius 1 is 1.15 bits per heavy atom. The quantitative estimate of drug-likeness (QED) is 0.461. The van der Waals surface area contributed by atoms with Crippen LogP contribution in [0.1, 0.15) is 22.6 Å². The lowest BCUT2D eigenvalue weighted by Crippen LogP contribution is -2.44. The molecule has 0 aliphatic carbocycles. The van der Waals surface area contributed by atoms with Crippen molar-refractivity contribution in [1.29, 1.82) is 5.26 Å². The molecule has 2 N–H and O–H groups in total. The first-order valence-electron chi connectivity index (χ1n) is 10.5. The Bertz CT molecular complexity index is 1200. The Morgan fingerprint density at radius 2 is 1.88 bits per heavy atom. The minimum absolute atomic E-state index is 0.0464. The molecule has 1 heterocycles. The predicted molar refractivity (Wildman–Crippen MR) is 129 cm³/mol. The van der Waals surface area contributed by atoms with Gasteiger partial charge in [0.25, 0.3) is 0 Å². The molecule has 0 spiro atoms. The first-order chi connectivity index (χ1) is 16.3. The van der Waals surface area contributed by atoms with Crippen LogP contribution in [0.2, 0.25) is 0 Å². The van der Waals surface area contributed by atoms with E-state index in [1.807, 2.05) is 32.0 Å². The number of para-hydroxylation sites is 1. The Hall–Kier alpha value is -3.77. The lowest BCUT2D eigenvalue weighted by Gasteiger charge is -2.31. The average Bonchev–Trinajstić information content (AvgIpc) is 2.84. The minimum Gasteiger partial charge on any atom is -0.496 e. The summed E-state index contributed by atoms with van der Waals surface area (Å²) in [6.45, 7) is 3.94. The van der Waals surface area contributed by atoms with E-state index in [9.17, 15) is 19.6 Å². The van der Waals surface area contributed by atoms with Crippen LogP contribution in [-0.2, 0) is 19.1 Å². The van der Waals surface area contributed by atoms with Gasteiger partial charge in [0.2, 0.25) is 11.8 Å². The Morgan fingerprint density at radius 3 is 2.53 bits per heavy atom. The number of benzene rings is 2. The van der Waals surface area contributed by atoms with Crippen molar-refractivity contribution in [2.24, 2.45) is 5.92 Å². The molecule has 0 fully saturated rings. The SMILES string of the molecule is COC(=O)C1C(=O)NC(SCC(=O)Nc2ccc(C)c(C)c2)=C(C#N)C1c1ccccc1OC. The third kappa shape index (κ3) is 5.24. The predicted octanol–water partition coefficient (Wildman–Crippen LogP) is 3.42. The van der Waals surface area contributed by atoms with Gasteiger partial charge in [-0.2, -0.15) is 5.26 Å². The van der Waals surface area contributed by atoms with Gasteiger partial charge in [-0.1, -0.05) is 36.0 Å². The van der Waals surface area contributed by atoms with E-state index in [2.05, 4.69) is 16.7 Å². The maximum absolute atomic E-state index is 12.9. The van der Waals surface area contributed by atoms with Gasteiger partial charge in [-0.3, -0.25) is 14.4 Å². The summed E-state index contributed by atoms with van der Waals surface area (Å²) in [6.07, 6.45) is 0. The van der Waals surface area contributed by atoms with Crippen LogP contribution in [0.4, 0.5) is 5.69 Å². The molecule has 1 aliphatic rings. The number of allylic oxidation sites excluding steroid dienone is 1. The standard InChI is InChI=1S/C25H25N3O5S/c1-14-9-10-16(11-15(14)2)27-20(29)13-34-24-18(12-26)21(17-7-5-6-8-19(17)32-3)22(23(30)28-24)25(31)33-4/h5-11,21-22H,13H2,1-4H3,(H,27,29)(H,28,30). The van der Waals surface area contributed by atoms with Gasteiger partial charge in [0.15, 0.2) is 0 Å². The van der Waals surface area contributed by atoms with Crippen molar-refractivity contribution >= 4 is 35.2 Å². The van der Waals surface area contributed by atoms with E-state index in [4.69, 9.17) is 9.47 Å². The number of rotatable bonds is 7. The lowest BCUT2D eigenvalue weighted by molar-refractivity contribution is -0.150. The van der Waals surface area contributed by atoms with Crippen molar-refractivity contribution in [2.45, 2.75) is 19.8 Å². The van der Waals surface area contributed by atoms with E-state index in [-0.39, 0.29) is 22.3 Å². The molecular formula is C25H25N3O5S. The van der Waals surface area contributed by atoms with Gasteiger partial charge in [0.1, 0.15) is 11.7 Å². The number of hydrogen-bond donors (Lipinski definition) is 2. The minimum atomic E-state index is -1.27. The third-order valence-electron chi connectivity index (χ3n) is 5.60. The third-order valence-corrected chi connectivity index (χ3v) is 6.61. The molecule has 2 atom stereocenters. The van der Waals surface area contributed by atoms with E-state index in [0.29, 0.717) is 17.0 Å². The van der Waals surface area contributed by atoms with Gasteiger partial charge in [-0.25, -0.2) is 0 Å². The molecule has 34 heavy (non-hydrogen) atoms. The van der Waals surface area contributed by atoms with Crippen LogP contribution in [-0.4, -0.2) is 37.8 Å². The summed E-state index contributed by atoms with van der Waals surface area (Å²) < 4.78 is 10.3. The molecule has 0 bridgehead atoms. The Kier molecular flexibility index (Phi) is 7.97. The molecule has 8 nitrogen and oxygen atoms in total. The normalized spacial score (nSPS) is 17.4. The first kappa shape index (κ1) is 24.9. The fourth-order valence-electron chi connectivity index (χ4n) is 3.73. The summed E-state index contributed by atoms with van der Waals surface area (Å²) >= 11 is 1.02. The fourth-order valence-corrected chi connectivity index (χ4v) is 4.58. The van der Waals surface area contributed by atoms with Crippen LogP contribution in [0.25, 0.3) is 0 Å². The molecule has 2 unspecified atom stereocenters. The zero-order chi connectivity index (χ0) is 24.8. The highest BCUT2D eigenvalue weighted by Gasteiger charge is 2.45. The Balaban J connectivity index is 1.92. The summed E-state index contributed by atoms with van der Waals surface area (Å²) in [5.74, 6) is -3.49. The van der Waals surface area contributed by atoms with E-state index >= 15 is 0 Å². The molecule has 2 aromatic rings. The highest BCUT2D eigenvalue weighted by Crippen LogP contribution is 2.43. The molecule has 1 aliphatic heterocycles. The number of nitriles is 1. The number of esters is 1. The summed E-state index contributed by atoms with van der Waals surface area (Å²) in [7, 11) is 2.66. The van der Waals surface area contributed by atoms with E-state index < -0.39 is 23.7 Å². The number of anilines is 1. The van der Waals surface area contributed by atoms with Gasteiger partial charge in [0.05, 0.1) is 36.6 Å². The van der Waals surface area contributed by atoms with Crippen LogP contribution >= 0.6 is 11.8 Å². The molecule has 9 heteroatoms. The number of carbonyl (C=O) groups excluding carboxylic acids is 3. The average molecular weight is 480 g/mol. The number of amides is 2. The fraction of sp³-hybridized carbons (Fsp3) is 0.280. The number of thioether (sulfide) groups is 1. The van der Waals surface area contributed by atoms with Crippen molar-refractivity contribution in [2.75, 3.05) is 25.3 Å². The molecule has 2 amide bonds. The van der Waals surface area contributed by atoms with Crippen molar-refractivity contribution in [3.05, 3.63) is 69.8 Å². The summed E-state index contributed by atoms with van der Waals surface area (Å²) in [5.41, 5.74) is 3.48. The summed E-state index contributed by atoms with van der Waals surface area (Å²) in [6, 6.07) is 14.6. The molecule has 0 aromatic heterocycles. The highest BCUT2D eigenvalue weighted by molar-refractivity contribution is 8.03. The van der Waals surface area contributed by atoms with Crippen molar-refractivity contribution in [3.63, 3.8) is 0 Å². The van der Waals surface area contributed by atoms with Gasteiger partial charge in [-0.15, -0.1) is 0 Å². The van der Waals surface area contributed by atoms with Crippen LogP contribution in [0.15, 0.2) is 53.1 Å². The molecule has 0 saturated heterocycles. The van der Waals surface area contributed by atoms with Crippen molar-refractivity contribution in [3.8, 4) is 11.8 Å². The maximum atomic E-state index is 12.9. The second-order valence-electron chi connectivity index (χ2n) is 7.70. The maximum Gasteiger partial charge on any atom is 0.319 e. The first-order valence-corrected chi connectivity index (χ1v) is 11.4. The number of nitrogens with zero attached hydrogens (tertiary/aromatic N) is 1. The molecule has 0 radical (unpaired) electrons. The number of aryl methyl sites for hydroxylation is 2. The smallest absolute Gasteiger partial charge is 0.319 e. The summed E-state index contributed by atoms with van der Waals surface area (Å²) in [5, 5.41) is 15.7. The van der Waals surface area contributed by atoms with E-state index in [1.54, 1.807) is 24.3 Å². The summed E-state index contributed by atoms with van der Waals surface area (Å²) in [4.78, 5) is 38.0. The molecular weight excluding hydrogens is 454 g/mol. The van der Waals surface area contributed by atoms with Crippen LogP contribution in [0, 0.1) is 31.1 Å². The number of nitrogens with one attached hydrogen (secondary N) is 2. The van der Waals surface area contributed by atoms with Crippen LogP contribution in [0.3, 0.4) is 0 Å². The molecule has 0 saturated carbocycles.